The quantitative estimate of drug-likeness (QED) is 0.657. The number of anilines is 2. The number of sulfonamides is 1. The first kappa shape index (κ1) is 20.1. The predicted octanol–water partition coefficient (Wildman–Crippen LogP) is 3.17. The van der Waals surface area contributed by atoms with Gasteiger partial charge in [-0.3, -0.25) is 4.72 Å². The first-order valence-corrected chi connectivity index (χ1v) is 9.96. The second-order valence-electron chi connectivity index (χ2n) is 6.42. The molecular formula is C19H27N3O3S. The van der Waals surface area contributed by atoms with Crippen molar-refractivity contribution < 1.29 is 13.2 Å². The molecule has 2 rings (SSSR count). The zero-order valence-corrected chi connectivity index (χ0v) is 16.6. The molecule has 0 spiro atoms. The van der Waals surface area contributed by atoms with E-state index in [9.17, 15) is 8.42 Å². The molecule has 0 saturated heterocycles. The van der Waals surface area contributed by atoms with E-state index in [1.54, 1.807) is 24.3 Å². The normalized spacial score (nSPS) is 11.4. The minimum absolute atomic E-state index is 0.130. The van der Waals surface area contributed by atoms with Gasteiger partial charge < -0.3 is 15.0 Å². The van der Waals surface area contributed by atoms with E-state index in [1.807, 2.05) is 39.2 Å². The molecule has 0 bridgehead atoms. The number of hydrogen-bond acceptors (Lipinski definition) is 5. The maximum absolute atomic E-state index is 12.7. The molecule has 0 aromatic heterocycles. The van der Waals surface area contributed by atoms with Crippen LogP contribution >= 0.6 is 0 Å². The van der Waals surface area contributed by atoms with Crippen molar-refractivity contribution in [1.82, 2.24) is 4.90 Å². The van der Waals surface area contributed by atoms with Crippen molar-refractivity contribution in [3.8, 4) is 5.75 Å². The van der Waals surface area contributed by atoms with Crippen molar-refractivity contribution >= 4 is 21.4 Å². The zero-order valence-electron chi connectivity index (χ0n) is 15.7. The Labute approximate surface area is 156 Å². The Hall–Kier alpha value is -2.25. The van der Waals surface area contributed by atoms with Crippen LogP contribution in [0.4, 0.5) is 11.4 Å². The summed E-state index contributed by atoms with van der Waals surface area (Å²) in [6.07, 6.45) is 1.04. The highest BCUT2D eigenvalue weighted by Gasteiger charge is 2.19. The van der Waals surface area contributed by atoms with Gasteiger partial charge in [-0.1, -0.05) is 6.07 Å². The lowest BCUT2D eigenvalue weighted by atomic mass is 10.2. The number of nitrogens with zero attached hydrogens (tertiary/aromatic N) is 1. The number of hydrogen-bond donors (Lipinski definition) is 2. The van der Waals surface area contributed by atoms with E-state index in [0.717, 1.165) is 30.8 Å². The van der Waals surface area contributed by atoms with E-state index in [2.05, 4.69) is 14.9 Å². The van der Waals surface area contributed by atoms with Crippen LogP contribution in [0.5, 0.6) is 5.75 Å². The van der Waals surface area contributed by atoms with E-state index < -0.39 is 10.0 Å². The Balaban J connectivity index is 2.05. The average Bonchev–Trinajstić information content (AvgIpc) is 2.59. The van der Waals surface area contributed by atoms with E-state index in [-0.39, 0.29) is 4.90 Å². The average molecular weight is 378 g/mol. The van der Waals surface area contributed by atoms with Crippen LogP contribution in [0, 0.1) is 6.92 Å². The first-order valence-electron chi connectivity index (χ1n) is 8.48. The third kappa shape index (κ3) is 5.64. The van der Waals surface area contributed by atoms with Crippen LogP contribution in [-0.2, 0) is 10.0 Å². The van der Waals surface area contributed by atoms with Crippen LogP contribution in [0.3, 0.4) is 0 Å². The summed E-state index contributed by atoms with van der Waals surface area (Å²) in [5.41, 5.74) is 2.32. The van der Waals surface area contributed by atoms with Gasteiger partial charge >= 0.3 is 0 Å². The summed E-state index contributed by atoms with van der Waals surface area (Å²) in [7, 11) is 1.83. The first-order chi connectivity index (χ1) is 12.3. The molecule has 0 aliphatic rings. The summed E-state index contributed by atoms with van der Waals surface area (Å²) in [6, 6.07) is 12.3. The number of nitrogens with one attached hydrogen (secondary N) is 2. The number of methoxy groups -OCH3 is 1. The summed E-state index contributed by atoms with van der Waals surface area (Å²) in [5, 5.41) is 3.32. The molecule has 0 amide bonds. The van der Waals surface area contributed by atoms with Crippen molar-refractivity contribution in [2.24, 2.45) is 0 Å². The molecule has 2 aromatic carbocycles. The molecule has 0 aliphatic heterocycles. The highest BCUT2D eigenvalue weighted by atomic mass is 32.2. The van der Waals surface area contributed by atoms with Crippen LogP contribution < -0.4 is 14.8 Å². The molecule has 142 valence electrons. The lowest BCUT2D eigenvalue weighted by Gasteiger charge is -2.13. The number of benzene rings is 2. The van der Waals surface area contributed by atoms with Crippen LogP contribution in [0.15, 0.2) is 47.4 Å². The van der Waals surface area contributed by atoms with Gasteiger partial charge in [0.2, 0.25) is 0 Å². The summed E-state index contributed by atoms with van der Waals surface area (Å²) in [5.74, 6) is 0.322. The van der Waals surface area contributed by atoms with Gasteiger partial charge in [-0.25, -0.2) is 8.42 Å². The second kappa shape index (κ2) is 8.91. The molecule has 7 heteroatoms. The minimum Gasteiger partial charge on any atom is -0.495 e. The topological polar surface area (TPSA) is 70.7 Å². The number of rotatable bonds is 9. The Bertz CT molecular complexity index is 818. The van der Waals surface area contributed by atoms with E-state index >= 15 is 0 Å². The van der Waals surface area contributed by atoms with Gasteiger partial charge in [0.05, 0.1) is 7.11 Å². The van der Waals surface area contributed by atoms with Gasteiger partial charge in [0.25, 0.3) is 10.0 Å². The van der Waals surface area contributed by atoms with Gasteiger partial charge in [-0.2, -0.15) is 0 Å². The molecule has 0 aliphatic carbocycles. The van der Waals surface area contributed by atoms with E-state index in [1.165, 1.54) is 7.11 Å². The highest BCUT2D eigenvalue weighted by molar-refractivity contribution is 7.92. The fourth-order valence-electron chi connectivity index (χ4n) is 2.49. The Morgan fingerprint density at radius 1 is 1.04 bits per heavy atom. The van der Waals surface area contributed by atoms with Gasteiger partial charge in [0.1, 0.15) is 10.6 Å². The Kier molecular flexibility index (Phi) is 6.88. The molecule has 26 heavy (non-hydrogen) atoms. The second-order valence-corrected chi connectivity index (χ2v) is 8.07. The fourth-order valence-corrected chi connectivity index (χ4v) is 3.80. The molecule has 0 saturated carbocycles. The van der Waals surface area contributed by atoms with Crippen LogP contribution in [0.25, 0.3) is 0 Å². The highest BCUT2D eigenvalue weighted by Crippen LogP contribution is 2.27. The fraction of sp³-hybridized carbons (Fsp3) is 0.368. The summed E-state index contributed by atoms with van der Waals surface area (Å²) in [4.78, 5) is 2.27. The third-order valence-corrected chi connectivity index (χ3v) is 5.26. The summed E-state index contributed by atoms with van der Waals surface area (Å²) < 4.78 is 33.1. The maximum Gasteiger partial charge on any atom is 0.265 e. The number of ether oxygens (including phenoxy) is 1. The molecular weight excluding hydrogens is 350 g/mol. The van der Waals surface area contributed by atoms with Crippen molar-refractivity contribution in [2.45, 2.75) is 18.2 Å². The molecule has 2 N–H and O–H groups in total. The molecule has 0 radical (unpaired) electrons. The monoisotopic (exact) mass is 377 g/mol. The molecule has 0 unspecified atom stereocenters. The predicted molar refractivity (Wildman–Crippen MR) is 107 cm³/mol. The molecule has 6 nitrogen and oxygen atoms in total. The third-order valence-electron chi connectivity index (χ3n) is 3.86. The van der Waals surface area contributed by atoms with Crippen molar-refractivity contribution in [3.05, 3.63) is 48.0 Å². The van der Waals surface area contributed by atoms with Gasteiger partial charge in [0, 0.05) is 17.9 Å². The molecule has 0 fully saturated rings. The van der Waals surface area contributed by atoms with E-state index in [4.69, 9.17) is 4.74 Å². The standard InChI is InChI=1S/C19H27N3O3S/c1-15-6-11-18(25-4)19(14-15)26(23,24)21-17-9-7-16(8-10-17)20-12-5-13-22(2)3/h6-11,14,20-21H,5,12-13H2,1-4H3. The Morgan fingerprint density at radius 2 is 1.69 bits per heavy atom. The lowest BCUT2D eigenvalue weighted by molar-refractivity contribution is 0.402. The molecule has 2 aromatic rings. The summed E-state index contributed by atoms with van der Waals surface area (Å²) in [6.45, 7) is 3.72. The van der Waals surface area contributed by atoms with Crippen LogP contribution in [0.2, 0.25) is 0 Å². The van der Waals surface area contributed by atoms with Crippen molar-refractivity contribution in [2.75, 3.05) is 44.3 Å². The SMILES string of the molecule is COc1ccc(C)cc1S(=O)(=O)Nc1ccc(NCCCN(C)C)cc1. The van der Waals surface area contributed by atoms with E-state index in [0.29, 0.717) is 11.4 Å². The number of aryl methyl sites for hydroxylation is 1. The smallest absolute Gasteiger partial charge is 0.265 e. The van der Waals surface area contributed by atoms with Crippen molar-refractivity contribution in [3.63, 3.8) is 0 Å². The molecule has 0 atom stereocenters. The van der Waals surface area contributed by atoms with Crippen LogP contribution in [-0.4, -0.2) is 47.6 Å². The largest absolute Gasteiger partial charge is 0.495 e. The summed E-state index contributed by atoms with van der Waals surface area (Å²) >= 11 is 0. The van der Waals surface area contributed by atoms with Crippen molar-refractivity contribution in [1.29, 1.82) is 0 Å². The van der Waals surface area contributed by atoms with Crippen LogP contribution in [0.1, 0.15) is 12.0 Å². The van der Waals surface area contributed by atoms with Gasteiger partial charge in [-0.15, -0.1) is 0 Å². The Morgan fingerprint density at radius 3 is 2.31 bits per heavy atom. The van der Waals surface area contributed by atoms with Gasteiger partial charge in [-0.05, 0) is 75.9 Å². The zero-order chi connectivity index (χ0) is 19.2. The molecule has 0 heterocycles. The minimum atomic E-state index is -3.72. The van der Waals surface area contributed by atoms with Gasteiger partial charge in [0.15, 0.2) is 0 Å². The lowest BCUT2D eigenvalue weighted by Crippen LogP contribution is -2.16. The maximum atomic E-state index is 12.7.